The standard InChI is InChI=1S/C13H15N3O5/c1-3-8-4-5-11-9(6-8)10(7-15(17)18)12(16(19)20)13(14-2)21-11/h4-6,10,14H,3,7H2,1-2H3/t10-/m0/s1. The van der Waals surface area contributed by atoms with Crippen molar-refractivity contribution < 1.29 is 14.6 Å². The Balaban J connectivity index is 2.60. The summed E-state index contributed by atoms with van der Waals surface area (Å²) in [5.74, 6) is -0.578. The fourth-order valence-electron chi connectivity index (χ4n) is 2.37. The van der Waals surface area contributed by atoms with Crippen LogP contribution in [0.4, 0.5) is 0 Å². The van der Waals surface area contributed by atoms with Crippen LogP contribution in [0.25, 0.3) is 0 Å². The van der Waals surface area contributed by atoms with Crippen molar-refractivity contribution in [2.75, 3.05) is 13.6 Å². The number of hydrogen-bond donors (Lipinski definition) is 1. The van der Waals surface area contributed by atoms with Crippen molar-refractivity contribution in [1.82, 2.24) is 5.32 Å². The Labute approximate surface area is 120 Å². The number of fused-ring (bicyclic) bond motifs is 1. The minimum atomic E-state index is -0.937. The second-order valence-corrected chi connectivity index (χ2v) is 4.62. The molecule has 1 aromatic rings. The van der Waals surface area contributed by atoms with Gasteiger partial charge < -0.3 is 10.1 Å². The summed E-state index contributed by atoms with van der Waals surface area (Å²) in [5.41, 5.74) is 1.12. The van der Waals surface area contributed by atoms with Crippen LogP contribution in [-0.2, 0) is 6.42 Å². The molecule has 0 bridgehead atoms. The largest absolute Gasteiger partial charge is 0.435 e. The van der Waals surface area contributed by atoms with Crippen LogP contribution in [0.3, 0.4) is 0 Å². The topological polar surface area (TPSA) is 108 Å². The number of nitro groups is 2. The van der Waals surface area contributed by atoms with Crippen LogP contribution in [0.15, 0.2) is 29.8 Å². The van der Waals surface area contributed by atoms with Crippen LogP contribution in [0.5, 0.6) is 5.75 Å². The molecule has 1 heterocycles. The van der Waals surface area contributed by atoms with Crippen LogP contribution in [0.1, 0.15) is 24.0 Å². The van der Waals surface area contributed by atoms with Gasteiger partial charge >= 0.3 is 5.70 Å². The van der Waals surface area contributed by atoms with Crippen molar-refractivity contribution >= 4 is 0 Å². The third-order valence-electron chi connectivity index (χ3n) is 3.39. The third-order valence-corrected chi connectivity index (χ3v) is 3.39. The molecule has 0 aromatic heterocycles. The first-order chi connectivity index (χ1) is 9.97. The molecule has 0 saturated carbocycles. The smallest absolute Gasteiger partial charge is 0.319 e. The maximum atomic E-state index is 11.3. The molecule has 8 nitrogen and oxygen atoms in total. The van der Waals surface area contributed by atoms with E-state index in [1.807, 2.05) is 13.0 Å². The van der Waals surface area contributed by atoms with Gasteiger partial charge in [0.25, 0.3) is 5.88 Å². The monoisotopic (exact) mass is 293 g/mol. The van der Waals surface area contributed by atoms with Gasteiger partial charge in [0.1, 0.15) is 11.7 Å². The molecular weight excluding hydrogens is 278 g/mol. The van der Waals surface area contributed by atoms with Crippen molar-refractivity contribution in [3.63, 3.8) is 0 Å². The van der Waals surface area contributed by atoms with E-state index in [-0.39, 0.29) is 11.6 Å². The molecule has 0 unspecified atom stereocenters. The molecule has 1 atom stereocenters. The molecule has 0 radical (unpaired) electrons. The van der Waals surface area contributed by atoms with Crippen molar-refractivity contribution in [2.45, 2.75) is 19.3 Å². The van der Waals surface area contributed by atoms with Gasteiger partial charge in [-0.25, -0.2) is 0 Å². The highest BCUT2D eigenvalue weighted by atomic mass is 16.6. The molecule has 1 N–H and O–H groups in total. The number of benzene rings is 1. The Bertz CT molecular complexity index is 626. The van der Waals surface area contributed by atoms with Gasteiger partial charge in [0.05, 0.1) is 4.92 Å². The van der Waals surface area contributed by atoms with Crippen LogP contribution >= 0.6 is 0 Å². The van der Waals surface area contributed by atoms with E-state index in [2.05, 4.69) is 5.32 Å². The highest BCUT2D eigenvalue weighted by Gasteiger charge is 2.41. The van der Waals surface area contributed by atoms with Gasteiger partial charge in [0.15, 0.2) is 0 Å². The van der Waals surface area contributed by atoms with E-state index in [0.29, 0.717) is 11.3 Å². The average Bonchev–Trinajstić information content (AvgIpc) is 2.45. The molecule has 0 aliphatic carbocycles. The van der Waals surface area contributed by atoms with Gasteiger partial charge in [-0.05, 0) is 18.1 Å². The van der Waals surface area contributed by atoms with Crippen LogP contribution in [0.2, 0.25) is 0 Å². The molecular formula is C13H15N3O5. The van der Waals surface area contributed by atoms with Gasteiger partial charge in [-0.15, -0.1) is 0 Å². The summed E-state index contributed by atoms with van der Waals surface area (Å²) < 4.78 is 5.47. The average molecular weight is 293 g/mol. The highest BCUT2D eigenvalue weighted by Crippen LogP contribution is 2.39. The third kappa shape index (κ3) is 2.78. The first-order valence-electron chi connectivity index (χ1n) is 6.46. The molecule has 1 aliphatic rings. The molecule has 112 valence electrons. The normalized spacial score (nSPS) is 17.0. The fourth-order valence-corrected chi connectivity index (χ4v) is 2.37. The number of rotatable bonds is 5. The first-order valence-corrected chi connectivity index (χ1v) is 6.46. The zero-order valence-corrected chi connectivity index (χ0v) is 11.7. The summed E-state index contributed by atoms with van der Waals surface area (Å²) in [6.07, 6.45) is 0.731. The predicted molar refractivity (Wildman–Crippen MR) is 74.1 cm³/mol. The van der Waals surface area contributed by atoms with E-state index < -0.39 is 22.3 Å². The fraction of sp³-hybridized carbons (Fsp3) is 0.385. The van der Waals surface area contributed by atoms with E-state index in [1.165, 1.54) is 7.05 Å². The van der Waals surface area contributed by atoms with E-state index in [0.717, 1.165) is 12.0 Å². The van der Waals surface area contributed by atoms with Crippen molar-refractivity contribution in [1.29, 1.82) is 0 Å². The number of ether oxygens (including phenoxy) is 1. The van der Waals surface area contributed by atoms with Gasteiger partial charge in [0.2, 0.25) is 6.54 Å². The van der Waals surface area contributed by atoms with Crippen molar-refractivity contribution in [2.24, 2.45) is 0 Å². The summed E-state index contributed by atoms with van der Waals surface area (Å²) in [7, 11) is 1.48. The second-order valence-electron chi connectivity index (χ2n) is 4.62. The van der Waals surface area contributed by atoms with Gasteiger partial charge in [-0.2, -0.15) is 0 Å². The Morgan fingerprint density at radius 2 is 2.05 bits per heavy atom. The molecule has 0 amide bonds. The molecule has 0 fully saturated rings. The molecule has 21 heavy (non-hydrogen) atoms. The summed E-state index contributed by atoms with van der Waals surface area (Å²) in [4.78, 5) is 21.0. The summed E-state index contributed by atoms with van der Waals surface area (Å²) in [6.45, 7) is 1.39. The summed E-state index contributed by atoms with van der Waals surface area (Å²) >= 11 is 0. The van der Waals surface area contributed by atoms with Gasteiger partial charge in [0, 0.05) is 17.5 Å². The van der Waals surface area contributed by atoms with Gasteiger partial charge in [-0.3, -0.25) is 20.2 Å². The minimum Gasteiger partial charge on any atom is -0.435 e. The van der Waals surface area contributed by atoms with E-state index in [9.17, 15) is 20.2 Å². The quantitative estimate of drug-likeness (QED) is 0.653. The lowest BCUT2D eigenvalue weighted by Crippen LogP contribution is -2.30. The van der Waals surface area contributed by atoms with Crippen LogP contribution in [-0.4, -0.2) is 23.4 Å². The Morgan fingerprint density at radius 3 is 2.57 bits per heavy atom. The van der Waals surface area contributed by atoms with Crippen LogP contribution < -0.4 is 10.1 Å². The molecule has 2 rings (SSSR count). The molecule has 1 aliphatic heterocycles. The minimum absolute atomic E-state index is 0.0522. The second kappa shape index (κ2) is 5.78. The number of hydrogen-bond acceptors (Lipinski definition) is 6. The van der Waals surface area contributed by atoms with Crippen LogP contribution in [0, 0.1) is 20.2 Å². The Morgan fingerprint density at radius 1 is 1.33 bits per heavy atom. The molecule has 0 saturated heterocycles. The van der Waals surface area contributed by atoms with Gasteiger partial charge in [-0.1, -0.05) is 19.1 Å². The number of aryl methyl sites for hydroxylation is 1. The van der Waals surface area contributed by atoms with E-state index in [4.69, 9.17) is 4.74 Å². The molecule has 0 spiro atoms. The summed E-state index contributed by atoms with van der Waals surface area (Å²) in [6, 6.07) is 5.26. The number of nitrogens with one attached hydrogen (secondary N) is 1. The lowest BCUT2D eigenvalue weighted by Gasteiger charge is -2.23. The van der Waals surface area contributed by atoms with E-state index >= 15 is 0 Å². The predicted octanol–water partition coefficient (Wildman–Crippen LogP) is 1.67. The van der Waals surface area contributed by atoms with E-state index in [1.54, 1.807) is 12.1 Å². The van der Waals surface area contributed by atoms with Crippen molar-refractivity contribution in [3.8, 4) is 5.75 Å². The Hall–Kier alpha value is -2.64. The lowest BCUT2D eigenvalue weighted by atomic mass is 9.91. The SMILES string of the molecule is CCc1ccc2c(c1)[C@H](C[N+](=O)[O-])C([N+](=O)[O-])=C(NC)O2. The highest BCUT2D eigenvalue weighted by molar-refractivity contribution is 5.46. The maximum absolute atomic E-state index is 11.3. The first kappa shape index (κ1) is 14.8. The maximum Gasteiger partial charge on any atom is 0.319 e. The lowest BCUT2D eigenvalue weighted by molar-refractivity contribution is -0.495. The molecule has 1 aromatic carbocycles. The zero-order chi connectivity index (χ0) is 15.6. The number of nitrogens with zero attached hydrogens (tertiary/aromatic N) is 2. The Kier molecular flexibility index (Phi) is 4.06. The summed E-state index contributed by atoms with van der Waals surface area (Å²) in [5, 5.41) is 24.8. The zero-order valence-electron chi connectivity index (χ0n) is 11.7. The molecule has 8 heteroatoms. The van der Waals surface area contributed by atoms with Crippen molar-refractivity contribution in [3.05, 3.63) is 61.1 Å².